The van der Waals surface area contributed by atoms with E-state index in [1.165, 1.54) is 0 Å². The Morgan fingerprint density at radius 3 is 2.58 bits per heavy atom. The number of aliphatic hydroxyl groups is 1. The van der Waals surface area contributed by atoms with Crippen LogP contribution in [0.3, 0.4) is 0 Å². The van der Waals surface area contributed by atoms with E-state index in [1.54, 1.807) is 12.3 Å². The van der Waals surface area contributed by atoms with Crippen molar-refractivity contribution >= 4 is 23.6 Å². The van der Waals surface area contributed by atoms with Crippen LogP contribution >= 0.6 is 11.6 Å². The minimum absolute atomic E-state index is 0.0793. The molecule has 0 aliphatic heterocycles. The SMILES string of the molecule is CCCC[C@H](NC(=O)OCC1(CCCOc2ccnc(Cl)n2)CCC1)C(O)C(=O)N[C@H](C)c1ccccc1. The predicted octanol–water partition coefficient (Wildman–Crippen LogP) is 4.98. The van der Waals surface area contributed by atoms with Gasteiger partial charge in [0.25, 0.3) is 5.91 Å². The quantitative estimate of drug-likeness (QED) is 0.212. The van der Waals surface area contributed by atoms with Gasteiger partial charge in [0.15, 0.2) is 6.10 Å². The molecule has 1 aliphatic carbocycles. The number of hydrogen-bond donors (Lipinski definition) is 3. The lowest BCUT2D eigenvalue weighted by Crippen LogP contribution is -2.51. The third-order valence-electron chi connectivity index (χ3n) is 7.11. The smallest absolute Gasteiger partial charge is 0.407 e. The summed E-state index contributed by atoms with van der Waals surface area (Å²) < 4.78 is 11.2. The number of benzene rings is 1. The van der Waals surface area contributed by atoms with Crippen LogP contribution in [-0.2, 0) is 9.53 Å². The average molecular weight is 547 g/mol. The molecule has 1 aromatic heterocycles. The summed E-state index contributed by atoms with van der Waals surface area (Å²) in [5, 5.41) is 16.5. The predicted molar refractivity (Wildman–Crippen MR) is 145 cm³/mol. The number of unbranched alkanes of at least 4 members (excludes halogenated alkanes) is 1. The second kappa shape index (κ2) is 14.9. The van der Waals surface area contributed by atoms with E-state index in [9.17, 15) is 14.7 Å². The first kappa shape index (κ1) is 29.6. The molecule has 3 rings (SSSR count). The fourth-order valence-corrected chi connectivity index (χ4v) is 4.76. The molecule has 2 aromatic rings. The first-order valence-electron chi connectivity index (χ1n) is 13.4. The molecule has 3 atom stereocenters. The standard InChI is InChI=1S/C28H39ClN4O5/c1-3-4-12-22(24(34)25(35)31-20(2)21-10-6-5-7-11-21)32-27(36)38-19-28(14-8-15-28)16-9-18-37-23-13-17-30-26(29)33-23/h5-7,10-11,13,17,20,22,24,34H,3-4,8-9,12,14-16,18-19H2,1-2H3,(H,31,35)(H,32,36)/t20-,22+,24?/m1/s1. The zero-order chi connectivity index (χ0) is 27.4. The van der Waals surface area contributed by atoms with Crippen molar-refractivity contribution in [1.82, 2.24) is 20.6 Å². The number of carbonyl (C=O) groups is 2. The lowest BCUT2D eigenvalue weighted by molar-refractivity contribution is -0.131. The summed E-state index contributed by atoms with van der Waals surface area (Å²) in [6.45, 7) is 4.63. The van der Waals surface area contributed by atoms with Crippen molar-refractivity contribution in [2.45, 2.75) is 83.4 Å². The highest BCUT2D eigenvalue weighted by Gasteiger charge is 2.38. The number of nitrogens with one attached hydrogen (secondary N) is 2. The summed E-state index contributed by atoms with van der Waals surface area (Å²) in [4.78, 5) is 33.3. The maximum Gasteiger partial charge on any atom is 0.407 e. The van der Waals surface area contributed by atoms with Gasteiger partial charge in [-0.15, -0.1) is 0 Å². The van der Waals surface area contributed by atoms with E-state index in [4.69, 9.17) is 21.1 Å². The number of halogens is 1. The number of carbonyl (C=O) groups excluding carboxylic acids is 2. The molecular formula is C28H39ClN4O5. The van der Waals surface area contributed by atoms with Crippen LogP contribution in [0.1, 0.15) is 76.8 Å². The summed E-state index contributed by atoms with van der Waals surface area (Å²) in [5.74, 6) is -0.0923. The third kappa shape index (κ3) is 9.13. The van der Waals surface area contributed by atoms with Crippen molar-refractivity contribution in [1.29, 1.82) is 0 Å². The Balaban J connectivity index is 1.46. The van der Waals surface area contributed by atoms with Gasteiger partial charge in [0.05, 0.1) is 25.3 Å². The minimum Gasteiger partial charge on any atom is -0.478 e. The molecule has 38 heavy (non-hydrogen) atoms. The van der Waals surface area contributed by atoms with Gasteiger partial charge in [-0.25, -0.2) is 9.78 Å². The fourth-order valence-electron chi connectivity index (χ4n) is 4.62. The highest BCUT2D eigenvalue weighted by Crippen LogP contribution is 2.45. The molecule has 0 saturated heterocycles. The fraction of sp³-hybridized carbons (Fsp3) is 0.571. The lowest BCUT2D eigenvalue weighted by Gasteiger charge is -2.41. The number of aromatic nitrogens is 2. The molecule has 0 bridgehead atoms. The second-order valence-corrected chi connectivity index (χ2v) is 10.4. The molecule has 1 unspecified atom stereocenters. The summed E-state index contributed by atoms with van der Waals surface area (Å²) >= 11 is 5.79. The number of ether oxygens (including phenoxy) is 2. The Morgan fingerprint density at radius 1 is 1.16 bits per heavy atom. The van der Waals surface area contributed by atoms with Gasteiger partial charge < -0.3 is 25.2 Å². The van der Waals surface area contributed by atoms with Gasteiger partial charge in [0.2, 0.25) is 11.2 Å². The third-order valence-corrected chi connectivity index (χ3v) is 7.29. The molecule has 3 N–H and O–H groups in total. The maximum absolute atomic E-state index is 12.8. The number of hydrogen-bond acceptors (Lipinski definition) is 7. The zero-order valence-electron chi connectivity index (χ0n) is 22.2. The Hall–Kier alpha value is -2.91. The molecule has 1 fully saturated rings. The van der Waals surface area contributed by atoms with Crippen molar-refractivity contribution < 1.29 is 24.2 Å². The van der Waals surface area contributed by atoms with Crippen LogP contribution in [0.25, 0.3) is 0 Å². The zero-order valence-corrected chi connectivity index (χ0v) is 23.0. The number of alkyl carbamates (subject to hydrolysis) is 1. The van der Waals surface area contributed by atoms with Gasteiger partial charge in [-0.2, -0.15) is 4.98 Å². The molecule has 2 amide bonds. The van der Waals surface area contributed by atoms with Crippen LogP contribution in [0.5, 0.6) is 5.88 Å². The molecule has 0 radical (unpaired) electrons. The highest BCUT2D eigenvalue weighted by molar-refractivity contribution is 6.28. The summed E-state index contributed by atoms with van der Waals surface area (Å²) in [5.41, 5.74) is 0.854. The van der Waals surface area contributed by atoms with E-state index in [1.807, 2.05) is 44.2 Å². The minimum atomic E-state index is -1.38. The molecule has 1 aliphatic rings. The van der Waals surface area contributed by atoms with Crippen LogP contribution in [0, 0.1) is 5.41 Å². The van der Waals surface area contributed by atoms with Gasteiger partial charge >= 0.3 is 6.09 Å². The van der Waals surface area contributed by atoms with E-state index >= 15 is 0 Å². The van der Waals surface area contributed by atoms with Gasteiger partial charge in [-0.05, 0) is 56.2 Å². The van der Waals surface area contributed by atoms with Crippen molar-refractivity contribution in [2.24, 2.45) is 5.41 Å². The van der Waals surface area contributed by atoms with Gasteiger partial charge in [0.1, 0.15) is 0 Å². The summed E-state index contributed by atoms with van der Waals surface area (Å²) in [6, 6.07) is 10.2. The van der Waals surface area contributed by atoms with Crippen molar-refractivity contribution in [2.75, 3.05) is 13.2 Å². The largest absolute Gasteiger partial charge is 0.478 e. The Morgan fingerprint density at radius 2 is 1.92 bits per heavy atom. The Kier molecular flexibility index (Phi) is 11.6. The van der Waals surface area contributed by atoms with Gasteiger partial charge in [-0.1, -0.05) is 56.5 Å². The lowest BCUT2D eigenvalue weighted by atomic mass is 9.67. The Labute approximate surface area is 229 Å². The normalized spacial score (nSPS) is 16.4. The number of aliphatic hydroxyl groups excluding tert-OH is 1. The van der Waals surface area contributed by atoms with Crippen LogP contribution in [0.4, 0.5) is 4.79 Å². The van der Waals surface area contributed by atoms with E-state index in [-0.39, 0.29) is 23.3 Å². The Bertz CT molecular complexity index is 1020. The van der Waals surface area contributed by atoms with E-state index in [2.05, 4.69) is 20.6 Å². The van der Waals surface area contributed by atoms with Crippen molar-refractivity contribution in [3.05, 3.63) is 53.4 Å². The number of nitrogens with zero attached hydrogens (tertiary/aromatic N) is 2. The van der Waals surface area contributed by atoms with Crippen LogP contribution in [0.15, 0.2) is 42.6 Å². The van der Waals surface area contributed by atoms with Gasteiger partial charge in [-0.3, -0.25) is 4.79 Å². The highest BCUT2D eigenvalue weighted by atomic mass is 35.5. The number of rotatable bonds is 15. The maximum atomic E-state index is 12.8. The first-order valence-corrected chi connectivity index (χ1v) is 13.8. The van der Waals surface area contributed by atoms with E-state index < -0.39 is 24.1 Å². The monoisotopic (exact) mass is 546 g/mol. The molecule has 1 saturated carbocycles. The average Bonchev–Trinajstić information content (AvgIpc) is 2.89. The molecule has 1 aromatic carbocycles. The topological polar surface area (TPSA) is 123 Å². The first-order chi connectivity index (χ1) is 18.3. The van der Waals surface area contributed by atoms with E-state index in [0.717, 1.165) is 50.5 Å². The van der Waals surface area contributed by atoms with Crippen LogP contribution in [0.2, 0.25) is 5.28 Å². The summed E-state index contributed by atoms with van der Waals surface area (Å²) in [6.07, 6.45) is 6.30. The van der Waals surface area contributed by atoms with Crippen molar-refractivity contribution in [3.63, 3.8) is 0 Å². The summed E-state index contributed by atoms with van der Waals surface area (Å²) in [7, 11) is 0. The molecular weight excluding hydrogens is 508 g/mol. The van der Waals surface area contributed by atoms with Crippen molar-refractivity contribution in [3.8, 4) is 5.88 Å². The van der Waals surface area contributed by atoms with E-state index in [0.29, 0.717) is 18.9 Å². The number of amides is 2. The molecule has 1 heterocycles. The molecule has 208 valence electrons. The molecule has 10 heteroatoms. The van der Waals surface area contributed by atoms with Crippen LogP contribution in [-0.4, -0.2) is 52.4 Å². The molecule has 9 nitrogen and oxygen atoms in total. The molecule has 0 spiro atoms. The van der Waals surface area contributed by atoms with Crippen LogP contribution < -0.4 is 15.4 Å². The second-order valence-electron chi connectivity index (χ2n) is 10.0. The van der Waals surface area contributed by atoms with Gasteiger partial charge in [0, 0.05) is 17.7 Å².